The molecule has 2 saturated heterocycles. The second-order valence-electron chi connectivity index (χ2n) is 4.61. The van der Waals surface area contributed by atoms with E-state index in [-0.39, 0.29) is 11.9 Å². The molecule has 1 amide bonds. The number of benzene rings is 1. The van der Waals surface area contributed by atoms with Crippen molar-refractivity contribution in [1.82, 2.24) is 4.90 Å². The summed E-state index contributed by atoms with van der Waals surface area (Å²) in [5, 5.41) is 1.16. The average Bonchev–Trinajstić information content (AvgIpc) is 2.64. The van der Waals surface area contributed by atoms with E-state index >= 15 is 0 Å². The lowest BCUT2D eigenvalue weighted by Crippen LogP contribution is -2.38. The highest BCUT2D eigenvalue weighted by Crippen LogP contribution is 2.34. The maximum Gasteiger partial charge on any atom is 0.256 e. The largest absolute Gasteiger partial charge is 0.336 e. The van der Waals surface area contributed by atoms with Gasteiger partial charge in [0, 0.05) is 6.54 Å². The molecule has 2 fully saturated rings. The molecule has 0 radical (unpaired) electrons. The number of halogens is 1. The van der Waals surface area contributed by atoms with Crippen molar-refractivity contribution in [3.05, 3.63) is 29.3 Å². The van der Waals surface area contributed by atoms with E-state index in [9.17, 15) is 4.79 Å². The summed E-state index contributed by atoms with van der Waals surface area (Å²) in [7, 11) is 0. The fourth-order valence-corrected chi connectivity index (χ4v) is 3.27. The molecule has 0 aliphatic carbocycles. The van der Waals surface area contributed by atoms with E-state index in [1.54, 1.807) is 11.0 Å². The topological polar surface area (TPSA) is 23.6 Å². The Morgan fingerprint density at radius 3 is 2.78 bits per heavy atom. The molecular formula is C13H13ClN2OS. The summed E-state index contributed by atoms with van der Waals surface area (Å²) >= 11 is 11.6. The van der Waals surface area contributed by atoms with Crippen molar-refractivity contribution in [3.63, 3.8) is 0 Å². The molecule has 1 aromatic rings. The molecule has 94 valence electrons. The molecule has 1 unspecified atom stereocenters. The molecule has 0 saturated carbocycles. The second-order valence-corrected chi connectivity index (χ2v) is 5.38. The molecule has 3 nitrogen and oxygen atoms in total. The number of hydrogen-bond donors (Lipinski definition) is 0. The fraction of sp³-hybridized carbons (Fsp3) is 0.385. The van der Waals surface area contributed by atoms with Gasteiger partial charge in [0.25, 0.3) is 5.91 Å². The molecule has 2 heterocycles. The summed E-state index contributed by atoms with van der Waals surface area (Å²) in [6.45, 7) is 0.871. The highest BCUT2D eigenvalue weighted by atomic mass is 35.5. The Bertz CT molecular complexity index is 495. The summed E-state index contributed by atoms with van der Waals surface area (Å²) in [6, 6.07) is 7.26. The van der Waals surface area contributed by atoms with Crippen LogP contribution in [0, 0.1) is 0 Å². The van der Waals surface area contributed by atoms with Gasteiger partial charge in [-0.05, 0) is 43.6 Å². The van der Waals surface area contributed by atoms with Crippen LogP contribution in [0.3, 0.4) is 0 Å². The standard InChI is InChI=1S/C13H13ClN2OS/c14-9-5-1-2-6-10(9)16-12(17)11-7-3-4-8-15(11)13(16)18/h1-2,5-6,11H,3-4,7-8H2. The molecule has 0 bridgehead atoms. The number of thiocarbonyl (C=S) groups is 1. The van der Waals surface area contributed by atoms with E-state index in [0.29, 0.717) is 15.8 Å². The smallest absolute Gasteiger partial charge is 0.256 e. The Morgan fingerprint density at radius 1 is 1.28 bits per heavy atom. The Morgan fingerprint density at radius 2 is 2.06 bits per heavy atom. The normalized spacial score (nSPS) is 23.5. The Labute approximate surface area is 116 Å². The van der Waals surface area contributed by atoms with Crippen LogP contribution in [0.1, 0.15) is 19.3 Å². The zero-order chi connectivity index (χ0) is 12.7. The predicted molar refractivity (Wildman–Crippen MR) is 75.9 cm³/mol. The van der Waals surface area contributed by atoms with E-state index < -0.39 is 0 Å². The van der Waals surface area contributed by atoms with Crippen LogP contribution in [-0.4, -0.2) is 28.5 Å². The minimum Gasteiger partial charge on any atom is -0.336 e. The van der Waals surface area contributed by atoms with E-state index in [2.05, 4.69) is 0 Å². The van der Waals surface area contributed by atoms with Gasteiger partial charge in [-0.3, -0.25) is 9.69 Å². The molecule has 0 N–H and O–H groups in total. The number of fused-ring (bicyclic) bond motifs is 1. The van der Waals surface area contributed by atoms with Crippen molar-refractivity contribution in [2.24, 2.45) is 0 Å². The van der Waals surface area contributed by atoms with Crippen molar-refractivity contribution in [3.8, 4) is 0 Å². The lowest BCUT2D eigenvalue weighted by Gasteiger charge is -2.27. The van der Waals surface area contributed by atoms with Gasteiger partial charge in [-0.1, -0.05) is 23.7 Å². The second kappa shape index (κ2) is 4.52. The Balaban J connectivity index is 2.00. The number of carbonyl (C=O) groups excluding carboxylic acids is 1. The quantitative estimate of drug-likeness (QED) is 0.739. The van der Waals surface area contributed by atoms with Gasteiger partial charge >= 0.3 is 0 Å². The van der Waals surface area contributed by atoms with Gasteiger partial charge in [0.2, 0.25) is 0 Å². The first kappa shape index (κ1) is 11.9. The van der Waals surface area contributed by atoms with Gasteiger partial charge in [-0.25, -0.2) is 0 Å². The molecule has 3 rings (SSSR count). The average molecular weight is 281 g/mol. The zero-order valence-corrected chi connectivity index (χ0v) is 11.4. The van der Waals surface area contributed by atoms with E-state index in [1.165, 1.54) is 0 Å². The Kier molecular flexibility index (Phi) is 2.99. The van der Waals surface area contributed by atoms with Gasteiger partial charge in [0.05, 0.1) is 10.7 Å². The lowest BCUT2D eigenvalue weighted by molar-refractivity contribution is -0.120. The van der Waals surface area contributed by atoms with E-state index in [4.69, 9.17) is 23.8 Å². The maximum atomic E-state index is 12.4. The number of rotatable bonds is 1. The lowest BCUT2D eigenvalue weighted by atomic mass is 10.0. The number of carbonyl (C=O) groups is 1. The van der Waals surface area contributed by atoms with Crippen LogP contribution in [0.15, 0.2) is 24.3 Å². The van der Waals surface area contributed by atoms with Gasteiger partial charge in [0.15, 0.2) is 5.11 Å². The zero-order valence-electron chi connectivity index (χ0n) is 9.80. The summed E-state index contributed by atoms with van der Waals surface area (Å²) in [4.78, 5) is 16.1. The van der Waals surface area contributed by atoms with Gasteiger partial charge in [-0.15, -0.1) is 0 Å². The SMILES string of the molecule is O=C1C2CCCCN2C(=S)N1c1ccccc1Cl. The van der Waals surface area contributed by atoms with Gasteiger partial charge in [-0.2, -0.15) is 0 Å². The third-order valence-corrected chi connectivity index (χ3v) is 4.28. The number of nitrogens with zero attached hydrogens (tertiary/aromatic N) is 2. The molecule has 2 aliphatic heterocycles. The maximum absolute atomic E-state index is 12.4. The van der Waals surface area contributed by atoms with Crippen LogP contribution in [0.25, 0.3) is 0 Å². The number of hydrogen-bond acceptors (Lipinski definition) is 2. The first-order valence-corrected chi connectivity index (χ1v) is 6.88. The van der Waals surface area contributed by atoms with E-state index in [1.807, 2.05) is 23.1 Å². The van der Waals surface area contributed by atoms with Crippen LogP contribution < -0.4 is 4.90 Å². The fourth-order valence-electron chi connectivity index (χ4n) is 2.64. The number of para-hydroxylation sites is 1. The van der Waals surface area contributed by atoms with Crippen molar-refractivity contribution >= 4 is 40.5 Å². The van der Waals surface area contributed by atoms with Crippen LogP contribution in [0.4, 0.5) is 5.69 Å². The first-order valence-electron chi connectivity index (χ1n) is 6.09. The van der Waals surface area contributed by atoms with Crippen molar-refractivity contribution in [2.75, 3.05) is 11.4 Å². The van der Waals surface area contributed by atoms with Crippen LogP contribution in [0.5, 0.6) is 0 Å². The highest BCUT2D eigenvalue weighted by molar-refractivity contribution is 7.80. The molecule has 0 aromatic heterocycles. The molecule has 1 aromatic carbocycles. The third-order valence-electron chi connectivity index (χ3n) is 3.54. The summed E-state index contributed by atoms with van der Waals surface area (Å²) in [5.41, 5.74) is 0.698. The molecule has 2 aliphatic rings. The molecule has 1 atom stereocenters. The molecular weight excluding hydrogens is 268 g/mol. The molecule has 5 heteroatoms. The summed E-state index contributed by atoms with van der Waals surface area (Å²) < 4.78 is 0. The van der Waals surface area contributed by atoms with E-state index in [0.717, 1.165) is 25.8 Å². The summed E-state index contributed by atoms with van der Waals surface area (Å²) in [5.74, 6) is 0.0628. The molecule has 0 spiro atoms. The minimum absolute atomic E-state index is 0.0628. The predicted octanol–water partition coefficient (Wildman–Crippen LogP) is 2.83. The Hall–Kier alpha value is -1.13. The van der Waals surface area contributed by atoms with Gasteiger partial charge < -0.3 is 4.90 Å². The third kappa shape index (κ3) is 1.71. The van der Waals surface area contributed by atoms with Gasteiger partial charge in [0.1, 0.15) is 6.04 Å². The molecule has 18 heavy (non-hydrogen) atoms. The van der Waals surface area contributed by atoms with Crippen molar-refractivity contribution < 1.29 is 4.79 Å². The monoisotopic (exact) mass is 280 g/mol. The summed E-state index contributed by atoms with van der Waals surface area (Å²) in [6.07, 6.45) is 3.08. The number of anilines is 1. The van der Waals surface area contributed by atoms with Crippen molar-refractivity contribution in [2.45, 2.75) is 25.3 Å². The number of amides is 1. The van der Waals surface area contributed by atoms with Crippen LogP contribution in [-0.2, 0) is 4.79 Å². The van der Waals surface area contributed by atoms with Crippen LogP contribution >= 0.6 is 23.8 Å². The number of piperidine rings is 1. The van der Waals surface area contributed by atoms with Crippen LogP contribution in [0.2, 0.25) is 5.02 Å². The van der Waals surface area contributed by atoms with Crippen molar-refractivity contribution in [1.29, 1.82) is 0 Å². The minimum atomic E-state index is -0.0810. The first-order chi connectivity index (χ1) is 8.70. The highest BCUT2D eigenvalue weighted by Gasteiger charge is 2.44.